The van der Waals surface area contributed by atoms with Gasteiger partial charge in [-0.2, -0.15) is 0 Å². The first kappa shape index (κ1) is 10.3. The molecule has 0 aromatic heterocycles. The van der Waals surface area contributed by atoms with Gasteiger partial charge >= 0.3 is 0 Å². The molecule has 1 amide bonds. The zero-order valence-corrected chi connectivity index (χ0v) is 8.24. The smallest absolute Gasteiger partial charge is 0.283 e. The Kier molecular flexibility index (Phi) is 2.92. The zero-order chi connectivity index (χ0) is 10.7. The van der Waals surface area contributed by atoms with Crippen LogP contribution in [0.4, 0.5) is 0 Å². The maximum absolute atomic E-state index is 10.6. The molecule has 0 unspecified atom stereocenters. The van der Waals surface area contributed by atoms with Gasteiger partial charge in [-0.1, -0.05) is 23.8 Å². The number of aliphatic hydroxyl groups excluding tert-OH is 1. The van der Waals surface area contributed by atoms with Gasteiger partial charge < -0.3 is 10.8 Å². The van der Waals surface area contributed by atoms with Crippen molar-refractivity contribution < 1.29 is 9.90 Å². The lowest BCUT2D eigenvalue weighted by Crippen LogP contribution is -2.13. The van der Waals surface area contributed by atoms with Crippen LogP contribution in [0, 0.1) is 13.8 Å². The third-order valence-corrected chi connectivity index (χ3v) is 1.98. The minimum Gasteiger partial charge on any atom is -0.503 e. The molecule has 0 radical (unpaired) electrons. The maximum atomic E-state index is 10.6. The molecule has 1 aromatic rings. The number of primary amides is 1. The van der Waals surface area contributed by atoms with Gasteiger partial charge in [0.2, 0.25) is 0 Å². The van der Waals surface area contributed by atoms with Crippen molar-refractivity contribution in [2.75, 3.05) is 0 Å². The summed E-state index contributed by atoms with van der Waals surface area (Å²) in [4.78, 5) is 10.6. The van der Waals surface area contributed by atoms with Crippen molar-refractivity contribution in [1.29, 1.82) is 0 Å². The minimum atomic E-state index is -0.814. The molecule has 0 aliphatic carbocycles. The molecule has 0 atom stereocenters. The van der Waals surface area contributed by atoms with E-state index >= 15 is 0 Å². The van der Waals surface area contributed by atoms with Crippen molar-refractivity contribution in [2.24, 2.45) is 5.73 Å². The summed E-state index contributed by atoms with van der Waals surface area (Å²) in [6, 6.07) is 5.78. The van der Waals surface area contributed by atoms with Crippen molar-refractivity contribution >= 4 is 12.0 Å². The Bertz CT molecular complexity index is 394. The van der Waals surface area contributed by atoms with E-state index in [4.69, 9.17) is 5.73 Å². The second-order valence-electron chi connectivity index (χ2n) is 3.25. The third-order valence-electron chi connectivity index (χ3n) is 1.98. The van der Waals surface area contributed by atoms with Crippen LogP contribution in [0.3, 0.4) is 0 Å². The largest absolute Gasteiger partial charge is 0.503 e. The standard InChI is InChI=1S/C11H13NO2/c1-7-3-4-8(2)9(5-7)6-10(13)11(12)14/h3-6,13H,1-2H3,(H2,12,14)/b10-6-. The van der Waals surface area contributed by atoms with Crippen molar-refractivity contribution in [3.63, 3.8) is 0 Å². The van der Waals surface area contributed by atoms with Crippen LogP contribution in [0.25, 0.3) is 6.08 Å². The fourth-order valence-corrected chi connectivity index (χ4v) is 1.13. The molecule has 0 fully saturated rings. The van der Waals surface area contributed by atoms with E-state index in [1.54, 1.807) is 0 Å². The van der Waals surface area contributed by atoms with Gasteiger partial charge in [0.15, 0.2) is 5.76 Å². The number of rotatable bonds is 2. The minimum absolute atomic E-state index is 0.418. The lowest BCUT2D eigenvalue weighted by molar-refractivity contribution is -0.116. The van der Waals surface area contributed by atoms with Gasteiger partial charge in [-0.05, 0) is 31.1 Å². The second-order valence-corrected chi connectivity index (χ2v) is 3.25. The topological polar surface area (TPSA) is 63.3 Å². The number of benzene rings is 1. The van der Waals surface area contributed by atoms with Crippen molar-refractivity contribution in [3.05, 3.63) is 40.6 Å². The molecule has 3 heteroatoms. The first-order valence-corrected chi connectivity index (χ1v) is 4.28. The number of carbonyl (C=O) groups is 1. The lowest BCUT2D eigenvalue weighted by Gasteiger charge is -2.02. The van der Waals surface area contributed by atoms with Crippen molar-refractivity contribution in [1.82, 2.24) is 0 Å². The molecule has 3 nitrogen and oxygen atoms in total. The van der Waals surface area contributed by atoms with Gasteiger partial charge in [-0.15, -0.1) is 0 Å². The van der Waals surface area contributed by atoms with Gasteiger partial charge in [-0.3, -0.25) is 4.79 Å². The van der Waals surface area contributed by atoms with Crippen LogP contribution < -0.4 is 5.73 Å². The van der Waals surface area contributed by atoms with Crippen LogP contribution in [-0.2, 0) is 4.79 Å². The number of aliphatic hydroxyl groups is 1. The van der Waals surface area contributed by atoms with E-state index in [1.807, 2.05) is 32.0 Å². The quantitative estimate of drug-likeness (QED) is 0.552. The van der Waals surface area contributed by atoms with E-state index < -0.39 is 11.7 Å². The number of carbonyl (C=O) groups excluding carboxylic acids is 1. The summed E-state index contributed by atoms with van der Waals surface area (Å²) in [5, 5.41) is 9.18. The predicted octanol–water partition coefficient (Wildman–Crippen LogP) is 1.69. The molecule has 74 valence electrons. The predicted molar refractivity (Wildman–Crippen MR) is 55.7 cm³/mol. The van der Waals surface area contributed by atoms with Crippen LogP contribution in [0.5, 0.6) is 0 Å². The molecule has 1 aromatic carbocycles. The molecule has 0 aliphatic heterocycles. The maximum Gasteiger partial charge on any atom is 0.283 e. The summed E-state index contributed by atoms with van der Waals surface area (Å²) in [6.45, 7) is 3.84. The summed E-state index contributed by atoms with van der Waals surface area (Å²) in [7, 11) is 0. The monoisotopic (exact) mass is 191 g/mol. The van der Waals surface area contributed by atoms with Gasteiger partial charge in [0.1, 0.15) is 0 Å². The van der Waals surface area contributed by atoms with E-state index in [-0.39, 0.29) is 0 Å². The summed E-state index contributed by atoms with van der Waals surface area (Å²) in [6.07, 6.45) is 1.38. The van der Waals surface area contributed by atoms with Gasteiger partial charge in [0.05, 0.1) is 0 Å². The van der Waals surface area contributed by atoms with E-state index in [9.17, 15) is 9.90 Å². The molecule has 0 spiro atoms. The van der Waals surface area contributed by atoms with E-state index in [0.29, 0.717) is 0 Å². The number of nitrogens with two attached hydrogens (primary N) is 1. The second kappa shape index (κ2) is 3.96. The van der Waals surface area contributed by atoms with Crippen LogP contribution in [0.15, 0.2) is 24.0 Å². The molecule has 1 rings (SSSR count). The number of hydrogen-bond acceptors (Lipinski definition) is 2. The molecule has 0 heterocycles. The Labute approximate surface area is 82.9 Å². The molecule has 0 aliphatic rings. The summed E-state index contributed by atoms with van der Waals surface area (Å²) >= 11 is 0. The van der Waals surface area contributed by atoms with Crippen molar-refractivity contribution in [2.45, 2.75) is 13.8 Å². The Morgan fingerprint density at radius 1 is 1.43 bits per heavy atom. The summed E-state index contributed by atoms with van der Waals surface area (Å²) in [5.74, 6) is -1.23. The van der Waals surface area contributed by atoms with E-state index in [0.717, 1.165) is 16.7 Å². The van der Waals surface area contributed by atoms with Gasteiger partial charge in [0.25, 0.3) is 5.91 Å². The van der Waals surface area contributed by atoms with Crippen LogP contribution in [0.2, 0.25) is 0 Å². The van der Waals surface area contributed by atoms with Crippen molar-refractivity contribution in [3.8, 4) is 0 Å². The van der Waals surface area contributed by atoms with E-state index in [1.165, 1.54) is 6.08 Å². The highest BCUT2D eigenvalue weighted by atomic mass is 16.3. The lowest BCUT2D eigenvalue weighted by atomic mass is 10.0. The number of amides is 1. The molecule has 3 N–H and O–H groups in total. The number of aryl methyl sites for hydroxylation is 2. The average Bonchev–Trinajstić information content (AvgIpc) is 2.11. The molecular weight excluding hydrogens is 178 g/mol. The SMILES string of the molecule is Cc1ccc(C)c(/C=C(\O)C(N)=O)c1. The normalized spacial score (nSPS) is 11.4. The first-order chi connectivity index (χ1) is 6.50. The first-order valence-electron chi connectivity index (χ1n) is 4.28. The fourth-order valence-electron chi connectivity index (χ4n) is 1.13. The Balaban J connectivity index is 3.13. The molecule has 0 saturated carbocycles. The Morgan fingerprint density at radius 3 is 2.64 bits per heavy atom. The third kappa shape index (κ3) is 2.36. The fraction of sp³-hybridized carbons (Fsp3) is 0.182. The Hall–Kier alpha value is -1.77. The summed E-state index contributed by atoms with van der Waals surface area (Å²) in [5.41, 5.74) is 7.78. The highest BCUT2D eigenvalue weighted by molar-refractivity contribution is 5.94. The summed E-state index contributed by atoms with van der Waals surface area (Å²) < 4.78 is 0. The molecule has 0 bridgehead atoms. The highest BCUT2D eigenvalue weighted by Gasteiger charge is 2.02. The Morgan fingerprint density at radius 2 is 2.07 bits per heavy atom. The molecular formula is C11H13NO2. The van der Waals surface area contributed by atoms with Crippen LogP contribution in [-0.4, -0.2) is 11.0 Å². The molecule has 14 heavy (non-hydrogen) atoms. The number of hydrogen-bond donors (Lipinski definition) is 2. The average molecular weight is 191 g/mol. The molecule has 0 saturated heterocycles. The van der Waals surface area contributed by atoms with Gasteiger partial charge in [0, 0.05) is 0 Å². The van der Waals surface area contributed by atoms with Crippen LogP contribution >= 0.6 is 0 Å². The van der Waals surface area contributed by atoms with Crippen LogP contribution in [0.1, 0.15) is 16.7 Å². The highest BCUT2D eigenvalue weighted by Crippen LogP contribution is 2.13. The van der Waals surface area contributed by atoms with Gasteiger partial charge in [-0.25, -0.2) is 0 Å². The van der Waals surface area contributed by atoms with E-state index in [2.05, 4.69) is 0 Å². The zero-order valence-electron chi connectivity index (χ0n) is 8.24.